The highest BCUT2D eigenvalue weighted by molar-refractivity contribution is 5.31. The summed E-state index contributed by atoms with van der Waals surface area (Å²) in [5.41, 5.74) is 0.922. The fourth-order valence-corrected chi connectivity index (χ4v) is 2.31. The topological polar surface area (TPSA) is 50.3 Å². The van der Waals surface area contributed by atoms with Gasteiger partial charge in [-0.15, -0.1) is 0 Å². The van der Waals surface area contributed by atoms with E-state index in [4.69, 9.17) is 4.74 Å². The van der Waals surface area contributed by atoms with Gasteiger partial charge >= 0.3 is 0 Å². The minimum absolute atomic E-state index is 0.447. The Labute approximate surface area is 109 Å². The monoisotopic (exact) mass is 250 g/mol. The molecule has 0 amide bonds. The Bertz CT molecular complexity index is 410. The first-order valence-electron chi connectivity index (χ1n) is 6.45. The van der Waals surface area contributed by atoms with Gasteiger partial charge in [-0.1, -0.05) is 0 Å². The Hall–Kier alpha value is -1.36. The van der Waals surface area contributed by atoms with E-state index in [1.54, 1.807) is 7.11 Å². The number of methoxy groups -OCH3 is 1. The van der Waals surface area contributed by atoms with Crippen molar-refractivity contribution in [2.45, 2.75) is 38.8 Å². The van der Waals surface area contributed by atoms with Gasteiger partial charge < -0.3 is 15.0 Å². The molecular weight excluding hydrogens is 228 g/mol. The third-order valence-electron chi connectivity index (χ3n) is 3.58. The van der Waals surface area contributed by atoms with Gasteiger partial charge in [-0.25, -0.2) is 4.98 Å². The van der Waals surface area contributed by atoms with Gasteiger partial charge in [-0.2, -0.15) is 4.98 Å². The van der Waals surface area contributed by atoms with Crippen LogP contribution in [0.15, 0.2) is 6.07 Å². The zero-order chi connectivity index (χ0) is 13.1. The first kappa shape index (κ1) is 13.1. The number of piperidine rings is 1. The number of nitrogens with zero attached hydrogens (tertiary/aromatic N) is 3. The maximum Gasteiger partial charge on any atom is 0.226 e. The molecule has 18 heavy (non-hydrogen) atoms. The second-order valence-corrected chi connectivity index (χ2v) is 5.07. The van der Waals surface area contributed by atoms with E-state index in [1.807, 2.05) is 13.0 Å². The third-order valence-corrected chi connectivity index (χ3v) is 3.58. The van der Waals surface area contributed by atoms with E-state index in [0.29, 0.717) is 23.9 Å². The maximum atomic E-state index is 5.16. The number of ether oxygens (including phenoxy) is 1. The average Bonchev–Trinajstić information content (AvgIpc) is 2.33. The summed E-state index contributed by atoms with van der Waals surface area (Å²) in [5.74, 6) is 1.29. The number of hydrogen-bond donors (Lipinski definition) is 1. The van der Waals surface area contributed by atoms with Gasteiger partial charge in [-0.3, -0.25) is 0 Å². The van der Waals surface area contributed by atoms with Crippen LogP contribution in [0.4, 0.5) is 5.95 Å². The molecule has 1 N–H and O–H groups in total. The standard InChI is InChI=1S/C13H22N4O/c1-9-7-12(18-4)16-13(14-9)15-11-5-6-17(3)10(2)8-11/h7,10-11H,5-6,8H2,1-4H3,(H,14,15,16). The number of anilines is 1. The van der Waals surface area contributed by atoms with Gasteiger partial charge in [0.05, 0.1) is 7.11 Å². The van der Waals surface area contributed by atoms with Crippen molar-refractivity contribution in [1.82, 2.24) is 14.9 Å². The van der Waals surface area contributed by atoms with Gasteiger partial charge in [-0.05, 0) is 33.7 Å². The summed E-state index contributed by atoms with van der Waals surface area (Å²) in [5, 5.41) is 3.42. The summed E-state index contributed by atoms with van der Waals surface area (Å²) in [6.07, 6.45) is 2.25. The molecule has 0 radical (unpaired) electrons. The number of nitrogens with one attached hydrogen (secondary N) is 1. The zero-order valence-corrected chi connectivity index (χ0v) is 11.6. The molecule has 2 rings (SSSR count). The summed E-state index contributed by atoms with van der Waals surface area (Å²) < 4.78 is 5.16. The first-order valence-corrected chi connectivity index (χ1v) is 6.45. The van der Waals surface area contributed by atoms with Crippen molar-refractivity contribution in [1.29, 1.82) is 0 Å². The number of rotatable bonds is 3. The van der Waals surface area contributed by atoms with E-state index in [0.717, 1.165) is 25.1 Å². The van der Waals surface area contributed by atoms with Crippen LogP contribution >= 0.6 is 0 Å². The number of aryl methyl sites for hydroxylation is 1. The SMILES string of the molecule is COc1cc(C)nc(NC2CCN(C)C(C)C2)n1. The zero-order valence-electron chi connectivity index (χ0n) is 11.6. The van der Waals surface area contributed by atoms with Crippen molar-refractivity contribution in [3.8, 4) is 5.88 Å². The van der Waals surface area contributed by atoms with Crippen LogP contribution in [-0.4, -0.2) is 47.7 Å². The normalized spacial score (nSPS) is 24.9. The van der Waals surface area contributed by atoms with E-state index in [1.165, 1.54) is 0 Å². The van der Waals surface area contributed by atoms with E-state index >= 15 is 0 Å². The lowest BCUT2D eigenvalue weighted by Gasteiger charge is -2.35. The Morgan fingerprint density at radius 3 is 2.89 bits per heavy atom. The van der Waals surface area contributed by atoms with Crippen LogP contribution < -0.4 is 10.1 Å². The molecule has 0 spiro atoms. The van der Waals surface area contributed by atoms with Crippen LogP contribution in [0.3, 0.4) is 0 Å². The van der Waals surface area contributed by atoms with Gasteiger partial charge in [0, 0.05) is 30.4 Å². The second kappa shape index (κ2) is 5.52. The molecule has 2 heterocycles. The van der Waals surface area contributed by atoms with E-state index in [9.17, 15) is 0 Å². The largest absolute Gasteiger partial charge is 0.481 e. The van der Waals surface area contributed by atoms with Gasteiger partial charge in [0.1, 0.15) is 0 Å². The molecule has 1 fully saturated rings. The quantitative estimate of drug-likeness (QED) is 0.884. The predicted molar refractivity (Wildman–Crippen MR) is 72.1 cm³/mol. The number of hydrogen-bond acceptors (Lipinski definition) is 5. The number of aromatic nitrogens is 2. The molecule has 0 aromatic carbocycles. The molecule has 2 atom stereocenters. The van der Waals surface area contributed by atoms with Crippen LogP contribution in [0.2, 0.25) is 0 Å². The van der Waals surface area contributed by atoms with Gasteiger partial charge in [0.2, 0.25) is 11.8 Å². The Morgan fingerprint density at radius 1 is 1.44 bits per heavy atom. The first-order chi connectivity index (χ1) is 8.58. The van der Waals surface area contributed by atoms with E-state index in [-0.39, 0.29) is 0 Å². The Kier molecular flexibility index (Phi) is 4.01. The number of likely N-dealkylation sites (tertiary alicyclic amines) is 1. The minimum Gasteiger partial charge on any atom is -0.481 e. The summed E-state index contributed by atoms with van der Waals surface area (Å²) >= 11 is 0. The third kappa shape index (κ3) is 3.10. The van der Waals surface area contributed by atoms with Gasteiger partial charge in [0.25, 0.3) is 0 Å². The van der Waals surface area contributed by atoms with Crippen LogP contribution in [0, 0.1) is 6.92 Å². The van der Waals surface area contributed by atoms with Crippen molar-refractivity contribution < 1.29 is 4.74 Å². The fourth-order valence-electron chi connectivity index (χ4n) is 2.31. The van der Waals surface area contributed by atoms with Crippen molar-refractivity contribution in [3.63, 3.8) is 0 Å². The lowest BCUT2D eigenvalue weighted by atomic mass is 9.99. The molecule has 1 saturated heterocycles. The smallest absolute Gasteiger partial charge is 0.226 e. The lowest BCUT2D eigenvalue weighted by Crippen LogP contribution is -2.42. The van der Waals surface area contributed by atoms with Gasteiger partial charge in [0.15, 0.2) is 0 Å². The fraction of sp³-hybridized carbons (Fsp3) is 0.692. The predicted octanol–water partition coefficient (Wildman–Crippen LogP) is 1.69. The molecule has 0 bridgehead atoms. The molecule has 1 aliphatic rings. The Morgan fingerprint density at radius 2 is 2.22 bits per heavy atom. The van der Waals surface area contributed by atoms with Crippen molar-refractivity contribution in [3.05, 3.63) is 11.8 Å². The highest BCUT2D eigenvalue weighted by Crippen LogP contribution is 2.19. The molecule has 0 saturated carbocycles. The highest BCUT2D eigenvalue weighted by atomic mass is 16.5. The molecule has 1 aromatic heterocycles. The summed E-state index contributed by atoms with van der Waals surface area (Å²) in [6.45, 7) is 5.32. The molecule has 5 heteroatoms. The summed E-state index contributed by atoms with van der Waals surface area (Å²) in [6, 6.07) is 2.88. The summed E-state index contributed by atoms with van der Waals surface area (Å²) in [4.78, 5) is 11.1. The molecule has 2 unspecified atom stereocenters. The minimum atomic E-state index is 0.447. The van der Waals surface area contributed by atoms with Crippen molar-refractivity contribution in [2.75, 3.05) is 26.0 Å². The van der Waals surface area contributed by atoms with E-state index < -0.39 is 0 Å². The molecule has 5 nitrogen and oxygen atoms in total. The van der Waals surface area contributed by atoms with Crippen LogP contribution in [0.1, 0.15) is 25.5 Å². The molecule has 0 aliphatic carbocycles. The molecule has 1 aliphatic heterocycles. The van der Waals surface area contributed by atoms with E-state index in [2.05, 4.69) is 34.2 Å². The lowest BCUT2D eigenvalue weighted by molar-refractivity contribution is 0.189. The summed E-state index contributed by atoms with van der Waals surface area (Å²) in [7, 11) is 3.80. The molecule has 1 aromatic rings. The molecule has 100 valence electrons. The van der Waals surface area contributed by atoms with Crippen molar-refractivity contribution in [2.24, 2.45) is 0 Å². The average molecular weight is 250 g/mol. The van der Waals surface area contributed by atoms with Crippen molar-refractivity contribution >= 4 is 5.95 Å². The second-order valence-electron chi connectivity index (χ2n) is 5.07. The molecular formula is C13H22N4O. The maximum absolute atomic E-state index is 5.16. The van der Waals surface area contributed by atoms with Crippen LogP contribution in [0.5, 0.6) is 5.88 Å². The van der Waals surface area contributed by atoms with Crippen LogP contribution in [-0.2, 0) is 0 Å². The van der Waals surface area contributed by atoms with Crippen LogP contribution in [0.25, 0.3) is 0 Å². The Balaban J connectivity index is 2.03. The highest BCUT2D eigenvalue weighted by Gasteiger charge is 2.23.